The number of carbonyl (C=O) groups excluding carboxylic acids is 1. The van der Waals surface area contributed by atoms with Crippen LogP contribution >= 0.6 is 0 Å². The van der Waals surface area contributed by atoms with Crippen molar-refractivity contribution in [1.82, 2.24) is 4.90 Å². The van der Waals surface area contributed by atoms with Crippen LogP contribution in [0.1, 0.15) is 39.7 Å². The molecule has 0 fully saturated rings. The van der Waals surface area contributed by atoms with Crippen molar-refractivity contribution in [2.24, 2.45) is 5.92 Å². The van der Waals surface area contributed by atoms with Crippen molar-refractivity contribution in [1.29, 1.82) is 0 Å². The molecule has 0 heterocycles. The molecule has 1 aromatic carbocycles. The van der Waals surface area contributed by atoms with Crippen LogP contribution < -0.4 is 5.32 Å². The first-order valence-corrected chi connectivity index (χ1v) is 7.01. The summed E-state index contributed by atoms with van der Waals surface area (Å²) in [6.07, 6.45) is 1.09. The lowest BCUT2D eigenvalue weighted by Crippen LogP contribution is -2.27. The highest BCUT2D eigenvalue weighted by molar-refractivity contribution is 5.73. The standard InChI is InChI=1S/C16H26N2O/c1-6-15(12(2)3)17-16-10-8-7-9-14(16)11-18(5)13(4)19/h7-10,12,15,17H,6,11H2,1-5H3. The Kier molecular flexibility index (Phi) is 5.87. The summed E-state index contributed by atoms with van der Waals surface area (Å²) in [5, 5.41) is 3.60. The Morgan fingerprint density at radius 3 is 2.47 bits per heavy atom. The van der Waals surface area contributed by atoms with Crippen molar-refractivity contribution in [3.63, 3.8) is 0 Å². The Labute approximate surface area is 117 Å². The van der Waals surface area contributed by atoms with Crippen molar-refractivity contribution in [3.05, 3.63) is 29.8 Å². The van der Waals surface area contributed by atoms with Gasteiger partial charge in [0.25, 0.3) is 0 Å². The molecule has 1 amide bonds. The summed E-state index contributed by atoms with van der Waals surface area (Å²) in [4.78, 5) is 13.1. The van der Waals surface area contributed by atoms with Gasteiger partial charge in [0.2, 0.25) is 5.91 Å². The third-order valence-electron chi connectivity index (χ3n) is 3.55. The lowest BCUT2D eigenvalue weighted by atomic mass is 10.0. The van der Waals surface area contributed by atoms with Crippen molar-refractivity contribution in [3.8, 4) is 0 Å². The summed E-state index contributed by atoms with van der Waals surface area (Å²) in [5.74, 6) is 0.675. The molecule has 0 radical (unpaired) electrons. The van der Waals surface area contributed by atoms with Gasteiger partial charge >= 0.3 is 0 Å². The maximum absolute atomic E-state index is 11.4. The summed E-state index contributed by atoms with van der Waals surface area (Å²) < 4.78 is 0. The van der Waals surface area contributed by atoms with E-state index in [0.717, 1.165) is 12.1 Å². The Balaban J connectivity index is 2.86. The topological polar surface area (TPSA) is 32.3 Å². The number of hydrogen-bond donors (Lipinski definition) is 1. The number of anilines is 1. The smallest absolute Gasteiger partial charge is 0.219 e. The monoisotopic (exact) mass is 262 g/mol. The highest BCUT2D eigenvalue weighted by atomic mass is 16.2. The molecule has 0 aromatic heterocycles. The number of nitrogens with one attached hydrogen (secondary N) is 1. The molecule has 1 unspecified atom stereocenters. The van der Waals surface area contributed by atoms with Gasteiger partial charge in [0.15, 0.2) is 0 Å². The molecule has 1 N–H and O–H groups in total. The van der Waals surface area contributed by atoms with Gasteiger partial charge in [-0.3, -0.25) is 4.79 Å². The zero-order chi connectivity index (χ0) is 14.4. The molecule has 1 rings (SSSR count). The zero-order valence-electron chi connectivity index (χ0n) is 12.7. The molecular weight excluding hydrogens is 236 g/mol. The molecule has 0 saturated heterocycles. The summed E-state index contributed by atoms with van der Waals surface area (Å²) in [6.45, 7) is 8.89. The van der Waals surface area contributed by atoms with E-state index in [1.807, 2.05) is 19.2 Å². The fraction of sp³-hybridized carbons (Fsp3) is 0.562. The molecule has 1 atom stereocenters. The van der Waals surface area contributed by atoms with Crippen LogP contribution in [0, 0.1) is 5.92 Å². The fourth-order valence-electron chi connectivity index (χ4n) is 2.11. The summed E-state index contributed by atoms with van der Waals surface area (Å²) in [7, 11) is 1.83. The number of benzene rings is 1. The molecule has 0 aliphatic rings. The molecule has 0 aliphatic heterocycles. The number of rotatable bonds is 6. The lowest BCUT2D eigenvalue weighted by molar-refractivity contribution is -0.128. The van der Waals surface area contributed by atoms with Crippen LogP contribution in [0.25, 0.3) is 0 Å². The maximum atomic E-state index is 11.4. The molecule has 3 heteroatoms. The van der Waals surface area contributed by atoms with Gasteiger partial charge in [-0.25, -0.2) is 0 Å². The van der Waals surface area contributed by atoms with Crippen molar-refractivity contribution >= 4 is 11.6 Å². The summed E-state index contributed by atoms with van der Waals surface area (Å²) in [6, 6.07) is 8.68. The maximum Gasteiger partial charge on any atom is 0.219 e. The Hall–Kier alpha value is -1.51. The first-order valence-electron chi connectivity index (χ1n) is 7.01. The van der Waals surface area contributed by atoms with Crippen molar-refractivity contribution < 1.29 is 4.79 Å². The molecule has 0 saturated carbocycles. The van der Waals surface area contributed by atoms with Gasteiger partial charge in [-0.05, 0) is 24.0 Å². The van der Waals surface area contributed by atoms with Gasteiger partial charge in [0.05, 0.1) is 0 Å². The van der Waals surface area contributed by atoms with Gasteiger partial charge in [-0.15, -0.1) is 0 Å². The number of para-hydroxylation sites is 1. The molecule has 0 bridgehead atoms. The zero-order valence-corrected chi connectivity index (χ0v) is 12.7. The van der Waals surface area contributed by atoms with E-state index in [9.17, 15) is 4.79 Å². The van der Waals surface area contributed by atoms with E-state index in [0.29, 0.717) is 18.5 Å². The highest BCUT2D eigenvalue weighted by Gasteiger charge is 2.13. The highest BCUT2D eigenvalue weighted by Crippen LogP contribution is 2.20. The fourth-order valence-corrected chi connectivity index (χ4v) is 2.11. The lowest BCUT2D eigenvalue weighted by Gasteiger charge is -2.25. The first kappa shape index (κ1) is 15.5. The largest absolute Gasteiger partial charge is 0.382 e. The third kappa shape index (κ3) is 4.58. The predicted octanol–water partition coefficient (Wildman–Crippen LogP) is 3.51. The average Bonchev–Trinajstić information content (AvgIpc) is 2.37. The molecular formula is C16H26N2O. The molecule has 3 nitrogen and oxygen atoms in total. The number of carbonyl (C=O) groups is 1. The first-order chi connectivity index (χ1) is 8.95. The second-order valence-corrected chi connectivity index (χ2v) is 5.44. The van der Waals surface area contributed by atoms with Crippen molar-refractivity contribution in [2.75, 3.05) is 12.4 Å². The second kappa shape index (κ2) is 7.17. The second-order valence-electron chi connectivity index (χ2n) is 5.44. The number of amides is 1. The van der Waals surface area contributed by atoms with Crippen LogP contribution in [0.3, 0.4) is 0 Å². The minimum atomic E-state index is 0.0886. The number of nitrogens with zero attached hydrogens (tertiary/aromatic N) is 1. The van der Waals surface area contributed by atoms with E-state index in [4.69, 9.17) is 0 Å². The molecule has 106 valence electrons. The van der Waals surface area contributed by atoms with Gasteiger partial charge in [-0.1, -0.05) is 39.0 Å². The Morgan fingerprint density at radius 2 is 1.95 bits per heavy atom. The third-order valence-corrected chi connectivity index (χ3v) is 3.55. The quantitative estimate of drug-likeness (QED) is 0.851. The van der Waals surface area contributed by atoms with E-state index in [1.54, 1.807) is 11.8 Å². The molecule has 19 heavy (non-hydrogen) atoms. The van der Waals surface area contributed by atoms with Gasteiger partial charge < -0.3 is 10.2 Å². The Morgan fingerprint density at radius 1 is 1.32 bits per heavy atom. The summed E-state index contributed by atoms with van der Waals surface area (Å²) in [5.41, 5.74) is 2.30. The van der Waals surface area contributed by atoms with Crippen molar-refractivity contribution in [2.45, 2.75) is 46.7 Å². The minimum absolute atomic E-state index is 0.0886. The minimum Gasteiger partial charge on any atom is -0.382 e. The van der Waals surface area contributed by atoms with Gasteiger partial charge in [0, 0.05) is 32.2 Å². The van der Waals surface area contributed by atoms with E-state index >= 15 is 0 Å². The SMILES string of the molecule is CCC(Nc1ccccc1CN(C)C(C)=O)C(C)C. The van der Waals surface area contributed by atoms with E-state index in [2.05, 4.69) is 38.2 Å². The van der Waals surface area contributed by atoms with E-state index in [1.165, 1.54) is 5.56 Å². The van der Waals surface area contributed by atoms with E-state index in [-0.39, 0.29) is 5.91 Å². The van der Waals surface area contributed by atoms with Crippen LogP contribution in [-0.2, 0) is 11.3 Å². The summed E-state index contributed by atoms with van der Waals surface area (Å²) >= 11 is 0. The number of hydrogen-bond acceptors (Lipinski definition) is 2. The van der Waals surface area contributed by atoms with Gasteiger partial charge in [0.1, 0.15) is 0 Å². The van der Waals surface area contributed by atoms with E-state index < -0.39 is 0 Å². The van der Waals surface area contributed by atoms with Crippen LogP contribution in [-0.4, -0.2) is 23.9 Å². The Bertz CT molecular complexity index is 415. The molecule has 0 aliphatic carbocycles. The van der Waals surface area contributed by atoms with Crippen LogP contribution in [0.15, 0.2) is 24.3 Å². The average molecular weight is 262 g/mol. The normalized spacial score (nSPS) is 12.3. The molecule has 1 aromatic rings. The van der Waals surface area contributed by atoms with Crippen LogP contribution in [0.5, 0.6) is 0 Å². The van der Waals surface area contributed by atoms with Crippen LogP contribution in [0.4, 0.5) is 5.69 Å². The van der Waals surface area contributed by atoms with Crippen LogP contribution in [0.2, 0.25) is 0 Å². The van der Waals surface area contributed by atoms with Gasteiger partial charge in [-0.2, -0.15) is 0 Å². The molecule has 0 spiro atoms. The predicted molar refractivity (Wildman–Crippen MR) is 81.1 cm³/mol.